The molecule has 0 aliphatic heterocycles. The predicted molar refractivity (Wildman–Crippen MR) is 98.7 cm³/mol. The Morgan fingerprint density at radius 3 is 2.35 bits per heavy atom. The quantitative estimate of drug-likeness (QED) is 0.612. The van der Waals surface area contributed by atoms with Crippen molar-refractivity contribution in [3.05, 3.63) is 59.9 Å². The lowest BCUT2D eigenvalue weighted by molar-refractivity contribution is 0.583. The minimum atomic E-state index is -3.51. The summed E-state index contributed by atoms with van der Waals surface area (Å²) < 4.78 is 28.6. The van der Waals surface area contributed by atoms with Gasteiger partial charge in [0.1, 0.15) is 5.82 Å². The van der Waals surface area contributed by atoms with Gasteiger partial charge in [0.05, 0.1) is 10.6 Å². The van der Waals surface area contributed by atoms with Crippen molar-refractivity contribution >= 4 is 15.8 Å². The highest BCUT2D eigenvalue weighted by Gasteiger charge is 2.12. The molecule has 0 spiro atoms. The highest BCUT2D eigenvalue weighted by Crippen LogP contribution is 2.10. The zero-order chi connectivity index (χ0) is 18.6. The summed E-state index contributed by atoms with van der Waals surface area (Å²) in [5, 5.41) is 15.5. The fourth-order valence-corrected chi connectivity index (χ4v) is 3.29. The Labute approximate surface area is 152 Å². The summed E-state index contributed by atoms with van der Waals surface area (Å²) in [4.78, 5) is 0.252. The SMILES string of the molecule is Cc1ccc(S(=O)(=O)NCCNc2ccc(-n3ccc(C)n3)nn2)cc1. The Bertz CT molecular complexity index is 965. The van der Waals surface area contributed by atoms with Gasteiger partial charge >= 0.3 is 0 Å². The third-order valence-electron chi connectivity index (χ3n) is 3.66. The molecule has 136 valence electrons. The molecule has 2 heterocycles. The van der Waals surface area contributed by atoms with Gasteiger partial charge < -0.3 is 5.32 Å². The maximum Gasteiger partial charge on any atom is 0.240 e. The Hall–Kier alpha value is -2.78. The summed E-state index contributed by atoms with van der Waals surface area (Å²) in [7, 11) is -3.51. The lowest BCUT2D eigenvalue weighted by atomic mass is 10.2. The average molecular weight is 372 g/mol. The van der Waals surface area contributed by atoms with E-state index in [0.29, 0.717) is 18.2 Å². The molecule has 0 aliphatic carbocycles. The van der Waals surface area contributed by atoms with E-state index in [0.717, 1.165) is 11.3 Å². The lowest BCUT2D eigenvalue weighted by Crippen LogP contribution is -2.29. The van der Waals surface area contributed by atoms with Crippen molar-refractivity contribution in [1.82, 2.24) is 24.7 Å². The van der Waals surface area contributed by atoms with Gasteiger partial charge in [0.15, 0.2) is 5.82 Å². The second kappa shape index (κ2) is 7.63. The number of rotatable bonds is 7. The molecule has 26 heavy (non-hydrogen) atoms. The molecule has 0 radical (unpaired) electrons. The van der Waals surface area contributed by atoms with Gasteiger partial charge in [0, 0.05) is 19.3 Å². The maximum absolute atomic E-state index is 12.2. The first kappa shape index (κ1) is 18.0. The third kappa shape index (κ3) is 4.44. The fraction of sp³-hybridized carbons (Fsp3) is 0.235. The first-order valence-electron chi connectivity index (χ1n) is 8.11. The zero-order valence-corrected chi connectivity index (χ0v) is 15.4. The van der Waals surface area contributed by atoms with E-state index in [2.05, 4.69) is 25.3 Å². The number of aryl methyl sites for hydroxylation is 2. The lowest BCUT2D eigenvalue weighted by Gasteiger charge is -2.08. The molecular formula is C17H20N6O2S. The average Bonchev–Trinajstić information content (AvgIpc) is 3.06. The molecule has 8 nitrogen and oxygen atoms in total. The van der Waals surface area contributed by atoms with E-state index in [1.54, 1.807) is 41.1 Å². The fourth-order valence-electron chi connectivity index (χ4n) is 2.26. The van der Waals surface area contributed by atoms with Crippen LogP contribution in [0.4, 0.5) is 5.82 Å². The molecule has 1 aromatic carbocycles. The molecule has 0 saturated heterocycles. The second-order valence-corrected chi connectivity index (χ2v) is 7.58. The van der Waals surface area contributed by atoms with Crippen LogP contribution < -0.4 is 10.0 Å². The van der Waals surface area contributed by atoms with Gasteiger partial charge in [-0.15, -0.1) is 10.2 Å². The van der Waals surface area contributed by atoms with Crippen LogP contribution in [0.25, 0.3) is 5.82 Å². The van der Waals surface area contributed by atoms with Crippen molar-refractivity contribution in [3.8, 4) is 5.82 Å². The van der Waals surface area contributed by atoms with Crippen LogP contribution in [0.2, 0.25) is 0 Å². The molecule has 9 heteroatoms. The number of nitrogens with zero attached hydrogens (tertiary/aromatic N) is 4. The van der Waals surface area contributed by atoms with E-state index in [1.807, 2.05) is 26.1 Å². The Balaban J connectivity index is 1.51. The van der Waals surface area contributed by atoms with E-state index in [4.69, 9.17) is 0 Å². The maximum atomic E-state index is 12.2. The standard InChI is InChI=1S/C17H20N6O2S/c1-13-3-5-15(6-4-13)26(24,25)19-11-10-18-16-7-8-17(21-20-16)23-12-9-14(2)22-23/h3-9,12,19H,10-11H2,1-2H3,(H,18,20). The Morgan fingerprint density at radius 2 is 1.73 bits per heavy atom. The molecule has 0 bridgehead atoms. The van der Waals surface area contributed by atoms with Gasteiger partial charge in [0.2, 0.25) is 10.0 Å². The van der Waals surface area contributed by atoms with Gasteiger partial charge in [-0.25, -0.2) is 17.8 Å². The highest BCUT2D eigenvalue weighted by atomic mass is 32.2. The molecule has 2 N–H and O–H groups in total. The summed E-state index contributed by atoms with van der Waals surface area (Å²) in [5.74, 6) is 1.18. The first-order valence-corrected chi connectivity index (χ1v) is 9.59. The van der Waals surface area contributed by atoms with Crippen molar-refractivity contribution < 1.29 is 8.42 Å². The number of nitrogens with one attached hydrogen (secondary N) is 2. The molecule has 0 aliphatic rings. The summed E-state index contributed by atoms with van der Waals surface area (Å²) in [5.41, 5.74) is 1.91. The molecule has 0 fully saturated rings. The third-order valence-corrected chi connectivity index (χ3v) is 5.14. The Kier molecular flexibility index (Phi) is 5.29. The number of sulfonamides is 1. The summed E-state index contributed by atoms with van der Waals surface area (Å²) in [6, 6.07) is 12.2. The number of hydrogen-bond acceptors (Lipinski definition) is 6. The minimum absolute atomic E-state index is 0.234. The van der Waals surface area contributed by atoms with E-state index in [9.17, 15) is 8.42 Å². The van der Waals surface area contributed by atoms with E-state index in [-0.39, 0.29) is 11.4 Å². The molecule has 3 rings (SSSR count). The first-order chi connectivity index (χ1) is 12.4. The van der Waals surface area contributed by atoms with E-state index >= 15 is 0 Å². The number of benzene rings is 1. The van der Waals surface area contributed by atoms with Crippen LogP contribution in [0.3, 0.4) is 0 Å². The van der Waals surface area contributed by atoms with Crippen LogP contribution in [0.1, 0.15) is 11.3 Å². The van der Waals surface area contributed by atoms with Crippen LogP contribution in [0, 0.1) is 13.8 Å². The van der Waals surface area contributed by atoms with Gasteiger partial charge in [-0.3, -0.25) is 0 Å². The number of hydrogen-bond donors (Lipinski definition) is 2. The molecule has 0 unspecified atom stereocenters. The van der Waals surface area contributed by atoms with Crippen LogP contribution >= 0.6 is 0 Å². The van der Waals surface area contributed by atoms with Crippen molar-refractivity contribution in [2.75, 3.05) is 18.4 Å². The smallest absolute Gasteiger partial charge is 0.240 e. The van der Waals surface area contributed by atoms with Crippen molar-refractivity contribution in [2.45, 2.75) is 18.7 Å². The number of anilines is 1. The minimum Gasteiger partial charge on any atom is -0.367 e. The Morgan fingerprint density at radius 1 is 0.962 bits per heavy atom. The van der Waals surface area contributed by atoms with Gasteiger partial charge in [-0.1, -0.05) is 17.7 Å². The van der Waals surface area contributed by atoms with Crippen molar-refractivity contribution in [3.63, 3.8) is 0 Å². The topological polar surface area (TPSA) is 102 Å². The zero-order valence-electron chi connectivity index (χ0n) is 14.5. The molecule has 0 saturated carbocycles. The molecule has 2 aromatic heterocycles. The van der Waals surface area contributed by atoms with E-state index in [1.165, 1.54) is 0 Å². The predicted octanol–water partition coefficient (Wildman–Crippen LogP) is 1.67. The largest absolute Gasteiger partial charge is 0.367 e. The summed E-state index contributed by atoms with van der Waals surface area (Å²) in [6.45, 7) is 4.43. The van der Waals surface area contributed by atoms with Crippen LogP contribution in [0.15, 0.2) is 53.6 Å². The number of aromatic nitrogens is 4. The van der Waals surface area contributed by atoms with Crippen molar-refractivity contribution in [1.29, 1.82) is 0 Å². The second-order valence-electron chi connectivity index (χ2n) is 5.82. The van der Waals surface area contributed by atoms with E-state index < -0.39 is 10.0 Å². The monoisotopic (exact) mass is 372 g/mol. The molecule has 3 aromatic rings. The molecule has 0 atom stereocenters. The summed E-state index contributed by atoms with van der Waals surface area (Å²) in [6.07, 6.45) is 1.81. The molecular weight excluding hydrogens is 352 g/mol. The van der Waals surface area contributed by atoms with Gasteiger partial charge in [-0.05, 0) is 44.2 Å². The summed E-state index contributed by atoms with van der Waals surface area (Å²) >= 11 is 0. The van der Waals surface area contributed by atoms with Crippen LogP contribution in [0.5, 0.6) is 0 Å². The van der Waals surface area contributed by atoms with Gasteiger partial charge in [-0.2, -0.15) is 5.10 Å². The van der Waals surface area contributed by atoms with Crippen LogP contribution in [-0.2, 0) is 10.0 Å². The normalized spacial score (nSPS) is 11.5. The highest BCUT2D eigenvalue weighted by molar-refractivity contribution is 7.89. The molecule has 0 amide bonds. The van der Waals surface area contributed by atoms with Crippen molar-refractivity contribution in [2.24, 2.45) is 0 Å². The van der Waals surface area contributed by atoms with Gasteiger partial charge in [0.25, 0.3) is 0 Å². The van der Waals surface area contributed by atoms with Crippen LogP contribution in [-0.4, -0.2) is 41.5 Å².